The van der Waals surface area contributed by atoms with Crippen LogP contribution in [0.2, 0.25) is 0 Å². The summed E-state index contributed by atoms with van der Waals surface area (Å²) in [6.45, 7) is 8.01. The van der Waals surface area contributed by atoms with Gasteiger partial charge in [-0.1, -0.05) is 13.8 Å². The van der Waals surface area contributed by atoms with Gasteiger partial charge in [0.2, 0.25) is 0 Å². The van der Waals surface area contributed by atoms with E-state index in [1.165, 1.54) is 0 Å². The molecule has 2 aromatic heterocycles. The monoisotopic (exact) mass is 284 g/mol. The zero-order valence-corrected chi connectivity index (χ0v) is 12.5. The quantitative estimate of drug-likeness (QED) is 0.855. The predicted molar refractivity (Wildman–Crippen MR) is 82.6 cm³/mol. The second-order valence-corrected chi connectivity index (χ2v) is 5.47. The van der Waals surface area contributed by atoms with Gasteiger partial charge in [0.1, 0.15) is 23.8 Å². The maximum Gasteiger partial charge on any atom is 0.133 e. The van der Waals surface area contributed by atoms with E-state index in [1.807, 2.05) is 18.3 Å². The van der Waals surface area contributed by atoms with E-state index in [4.69, 9.17) is 0 Å². The fraction of sp³-hybridized carbons (Fsp3) is 0.467. The van der Waals surface area contributed by atoms with Crippen molar-refractivity contribution in [3.8, 4) is 0 Å². The van der Waals surface area contributed by atoms with Gasteiger partial charge in [-0.15, -0.1) is 0 Å². The molecule has 0 saturated carbocycles. The standard InChI is InChI=1S/C15H20N6/c1-12(2)15-17-6-4-14(19-15)21-9-7-20(8-10-21)13-3-5-16-11-18-13/h3-6,11-12H,7-10H2,1-2H3. The average Bonchev–Trinajstić information content (AvgIpc) is 2.56. The summed E-state index contributed by atoms with van der Waals surface area (Å²) in [7, 11) is 0. The average molecular weight is 284 g/mol. The molecule has 0 N–H and O–H groups in total. The molecule has 3 heterocycles. The molecule has 1 aliphatic rings. The van der Waals surface area contributed by atoms with Gasteiger partial charge in [-0.25, -0.2) is 19.9 Å². The third-order valence-corrected chi connectivity index (χ3v) is 3.67. The largest absolute Gasteiger partial charge is 0.353 e. The highest BCUT2D eigenvalue weighted by molar-refractivity contribution is 5.43. The van der Waals surface area contributed by atoms with Crippen LogP contribution in [-0.2, 0) is 0 Å². The van der Waals surface area contributed by atoms with Crippen LogP contribution < -0.4 is 9.80 Å². The second-order valence-electron chi connectivity index (χ2n) is 5.47. The van der Waals surface area contributed by atoms with Gasteiger partial charge in [0.05, 0.1) is 0 Å². The molecule has 2 aromatic rings. The van der Waals surface area contributed by atoms with Crippen LogP contribution >= 0.6 is 0 Å². The van der Waals surface area contributed by atoms with E-state index in [0.29, 0.717) is 5.92 Å². The Balaban J connectivity index is 1.67. The zero-order chi connectivity index (χ0) is 14.7. The van der Waals surface area contributed by atoms with Gasteiger partial charge in [-0.2, -0.15) is 0 Å². The molecule has 0 aromatic carbocycles. The van der Waals surface area contributed by atoms with Crippen molar-refractivity contribution in [2.24, 2.45) is 0 Å². The maximum absolute atomic E-state index is 4.66. The van der Waals surface area contributed by atoms with E-state index in [1.54, 1.807) is 12.5 Å². The minimum absolute atomic E-state index is 0.354. The van der Waals surface area contributed by atoms with E-state index < -0.39 is 0 Å². The number of hydrogen-bond acceptors (Lipinski definition) is 6. The van der Waals surface area contributed by atoms with Crippen LogP contribution in [0, 0.1) is 0 Å². The summed E-state index contributed by atoms with van der Waals surface area (Å²) in [5.74, 6) is 3.28. The summed E-state index contributed by atoms with van der Waals surface area (Å²) in [6.07, 6.45) is 5.24. The molecule has 0 bridgehead atoms. The van der Waals surface area contributed by atoms with Gasteiger partial charge in [0.25, 0.3) is 0 Å². The van der Waals surface area contributed by atoms with Crippen molar-refractivity contribution < 1.29 is 0 Å². The van der Waals surface area contributed by atoms with Gasteiger partial charge in [-0.05, 0) is 12.1 Å². The van der Waals surface area contributed by atoms with E-state index in [9.17, 15) is 0 Å². The minimum atomic E-state index is 0.354. The van der Waals surface area contributed by atoms with Gasteiger partial charge >= 0.3 is 0 Å². The summed E-state index contributed by atoms with van der Waals surface area (Å²) in [5.41, 5.74) is 0. The molecule has 0 radical (unpaired) electrons. The van der Waals surface area contributed by atoms with Crippen LogP contribution in [0.4, 0.5) is 11.6 Å². The Morgan fingerprint density at radius 1 is 0.905 bits per heavy atom. The molecule has 3 rings (SSSR count). The van der Waals surface area contributed by atoms with Crippen molar-refractivity contribution >= 4 is 11.6 Å². The number of anilines is 2. The molecule has 0 atom stereocenters. The van der Waals surface area contributed by atoms with Gasteiger partial charge in [-0.3, -0.25) is 0 Å². The molecule has 6 heteroatoms. The van der Waals surface area contributed by atoms with Gasteiger partial charge in [0, 0.05) is 44.5 Å². The Kier molecular flexibility index (Phi) is 3.94. The normalized spacial score (nSPS) is 15.6. The van der Waals surface area contributed by atoms with Crippen LogP contribution in [-0.4, -0.2) is 46.1 Å². The van der Waals surface area contributed by atoms with Crippen LogP contribution in [0.1, 0.15) is 25.6 Å². The first-order chi connectivity index (χ1) is 10.2. The van der Waals surface area contributed by atoms with E-state index >= 15 is 0 Å². The molecule has 21 heavy (non-hydrogen) atoms. The lowest BCUT2D eigenvalue weighted by molar-refractivity contribution is 0.636. The molecule has 0 amide bonds. The number of rotatable bonds is 3. The molecule has 1 aliphatic heterocycles. The number of piperazine rings is 1. The zero-order valence-electron chi connectivity index (χ0n) is 12.5. The van der Waals surface area contributed by atoms with Gasteiger partial charge < -0.3 is 9.80 Å². The number of aromatic nitrogens is 4. The second kappa shape index (κ2) is 6.03. The van der Waals surface area contributed by atoms with Gasteiger partial charge in [0.15, 0.2) is 0 Å². The highest BCUT2D eigenvalue weighted by atomic mass is 15.3. The minimum Gasteiger partial charge on any atom is -0.353 e. The third-order valence-electron chi connectivity index (χ3n) is 3.67. The fourth-order valence-electron chi connectivity index (χ4n) is 2.45. The van der Waals surface area contributed by atoms with E-state index in [2.05, 4.69) is 43.6 Å². The molecule has 1 saturated heterocycles. The smallest absolute Gasteiger partial charge is 0.133 e. The molecular formula is C15H20N6. The number of nitrogens with zero attached hydrogens (tertiary/aromatic N) is 6. The summed E-state index contributed by atoms with van der Waals surface area (Å²) in [5, 5.41) is 0. The van der Waals surface area contributed by atoms with Crippen molar-refractivity contribution in [2.45, 2.75) is 19.8 Å². The SMILES string of the molecule is CC(C)c1nccc(N2CCN(c3ccncn3)CC2)n1. The maximum atomic E-state index is 4.66. The van der Waals surface area contributed by atoms with Crippen molar-refractivity contribution in [2.75, 3.05) is 36.0 Å². The summed E-state index contributed by atoms with van der Waals surface area (Å²) in [4.78, 5) is 21.9. The molecule has 0 unspecified atom stereocenters. The van der Waals surface area contributed by atoms with E-state index in [0.717, 1.165) is 43.6 Å². The van der Waals surface area contributed by atoms with Crippen molar-refractivity contribution in [1.29, 1.82) is 0 Å². The highest BCUT2D eigenvalue weighted by Crippen LogP contribution is 2.18. The van der Waals surface area contributed by atoms with Crippen LogP contribution in [0.3, 0.4) is 0 Å². The first kappa shape index (κ1) is 13.7. The first-order valence-corrected chi connectivity index (χ1v) is 7.33. The summed E-state index contributed by atoms with van der Waals surface area (Å²) < 4.78 is 0. The molecule has 1 fully saturated rings. The molecule has 0 spiro atoms. The molecule has 6 nitrogen and oxygen atoms in total. The fourth-order valence-corrected chi connectivity index (χ4v) is 2.45. The molecule has 0 aliphatic carbocycles. The Morgan fingerprint density at radius 3 is 2.19 bits per heavy atom. The van der Waals surface area contributed by atoms with E-state index in [-0.39, 0.29) is 0 Å². The van der Waals surface area contributed by atoms with Crippen molar-refractivity contribution in [3.05, 3.63) is 36.7 Å². The third kappa shape index (κ3) is 3.09. The van der Waals surface area contributed by atoms with Crippen molar-refractivity contribution in [1.82, 2.24) is 19.9 Å². The highest BCUT2D eigenvalue weighted by Gasteiger charge is 2.19. The van der Waals surface area contributed by atoms with Crippen LogP contribution in [0.15, 0.2) is 30.9 Å². The first-order valence-electron chi connectivity index (χ1n) is 7.33. The lowest BCUT2D eigenvalue weighted by Gasteiger charge is -2.36. The Labute approximate surface area is 124 Å². The Hall–Kier alpha value is -2.24. The van der Waals surface area contributed by atoms with Crippen LogP contribution in [0.5, 0.6) is 0 Å². The lowest BCUT2D eigenvalue weighted by Crippen LogP contribution is -2.47. The Bertz CT molecular complexity index is 578. The predicted octanol–water partition coefficient (Wildman–Crippen LogP) is 1.72. The van der Waals surface area contributed by atoms with Crippen molar-refractivity contribution in [3.63, 3.8) is 0 Å². The summed E-state index contributed by atoms with van der Waals surface area (Å²) >= 11 is 0. The Morgan fingerprint density at radius 2 is 1.57 bits per heavy atom. The number of hydrogen-bond donors (Lipinski definition) is 0. The van der Waals surface area contributed by atoms with Crippen LogP contribution in [0.25, 0.3) is 0 Å². The lowest BCUT2D eigenvalue weighted by atomic mass is 10.2. The molecule has 110 valence electrons. The topological polar surface area (TPSA) is 58.0 Å². The summed E-state index contributed by atoms with van der Waals surface area (Å²) in [6, 6.07) is 3.95. The molecular weight excluding hydrogens is 264 g/mol.